The molecule has 0 bridgehead atoms. The molecule has 0 aliphatic carbocycles. The molecule has 10 heavy (non-hydrogen) atoms. The molecule has 0 aliphatic rings. The maximum atomic E-state index is 7.84. The Bertz CT molecular complexity index is 172. The fourth-order valence-corrected chi connectivity index (χ4v) is 0.433. The predicted molar refractivity (Wildman–Crippen MR) is 20.1 cm³/mol. The maximum absolute atomic E-state index is 7.84. The van der Waals surface area contributed by atoms with Crippen molar-refractivity contribution in [3.05, 3.63) is 0 Å². The summed E-state index contributed by atoms with van der Waals surface area (Å²) in [5.74, 6) is 0. The van der Waals surface area contributed by atoms with Gasteiger partial charge in [-0.25, -0.2) is 0 Å². The Hall–Kier alpha value is -1.61. The van der Waals surface area contributed by atoms with Gasteiger partial charge in [0.2, 0.25) is 0 Å². The van der Waals surface area contributed by atoms with Crippen molar-refractivity contribution in [3.8, 4) is 18.8 Å². The summed E-state index contributed by atoms with van der Waals surface area (Å²) in [6, 6.07) is 0. The molecule has 0 N–H and O–H groups in total. The van der Waals surface area contributed by atoms with Gasteiger partial charge in [-0.3, -0.25) is 0 Å². The molecule has 6 nitrogen and oxygen atoms in total. The summed E-state index contributed by atoms with van der Waals surface area (Å²) < 4.78 is 11.9. The van der Waals surface area contributed by atoms with Gasteiger partial charge in [-0.15, -0.1) is 0 Å². The van der Waals surface area contributed by atoms with Gasteiger partial charge in [-0.05, 0) is 0 Å². The van der Waals surface area contributed by atoms with Crippen LogP contribution in [0.1, 0.15) is 0 Å². The Morgan fingerprint density at radius 2 is 1.10 bits per heavy atom. The average Bonchev–Trinajstić information content (AvgIpc) is 1.90. The molecular formula is C3CuN3O3-2. The zero-order chi connectivity index (χ0) is 7.82. The zero-order valence-corrected chi connectivity index (χ0v) is 5.31. The molecule has 0 aromatic carbocycles. The summed E-state index contributed by atoms with van der Waals surface area (Å²) in [4.78, 5) is 0. The Morgan fingerprint density at radius 1 is 0.800 bits per heavy atom. The van der Waals surface area contributed by atoms with Crippen molar-refractivity contribution >= 4 is 0 Å². The molecule has 58 valence electrons. The molecular weight excluding hydrogens is 190 g/mol. The van der Waals surface area contributed by atoms with Crippen molar-refractivity contribution in [2.24, 2.45) is 0 Å². The van der Waals surface area contributed by atoms with Crippen LogP contribution in [0.5, 0.6) is 0 Å². The number of hydrogen-bond donors (Lipinski definition) is 0. The predicted octanol–water partition coefficient (Wildman–Crippen LogP) is -0.157. The van der Waals surface area contributed by atoms with Gasteiger partial charge >= 0.3 is 60.9 Å². The third kappa shape index (κ3) is 3.40. The number of rotatable bonds is 3. The minimum absolute atomic E-state index is 1.19. The van der Waals surface area contributed by atoms with Gasteiger partial charge in [0.1, 0.15) is 0 Å². The van der Waals surface area contributed by atoms with E-state index in [4.69, 9.17) is 15.8 Å². The van der Waals surface area contributed by atoms with Gasteiger partial charge in [0.05, 0.1) is 0 Å². The summed E-state index contributed by atoms with van der Waals surface area (Å²) in [6.07, 6.45) is 3.58. The van der Waals surface area contributed by atoms with Gasteiger partial charge in [-0.2, -0.15) is 0 Å². The van der Waals surface area contributed by atoms with Crippen molar-refractivity contribution in [2.45, 2.75) is 0 Å². The summed E-state index contributed by atoms with van der Waals surface area (Å²) in [5.41, 5.74) is 0. The zero-order valence-electron chi connectivity index (χ0n) is 4.37. The molecule has 0 amide bonds. The molecule has 0 spiro atoms. The van der Waals surface area contributed by atoms with Crippen LogP contribution in [0.4, 0.5) is 0 Å². The van der Waals surface area contributed by atoms with Crippen molar-refractivity contribution in [2.75, 3.05) is 0 Å². The third-order valence-corrected chi connectivity index (χ3v) is 0.962. The van der Waals surface area contributed by atoms with Gasteiger partial charge in [0.15, 0.2) is 0 Å². The molecule has 0 unspecified atom stereocenters. The van der Waals surface area contributed by atoms with Crippen LogP contribution in [0.15, 0.2) is 0 Å². The average molecular weight is 190 g/mol. The van der Waals surface area contributed by atoms with Crippen LogP contribution < -0.4 is 0 Å². The van der Waals surface area contributed by atoms with E-state index < -0.39 is 14.9 Å². The second kappa shape index (κ2) is 5.52. The van der Waals surface area contributed by atoms with Crippen LogP contribution in [0.3, 0.4) is 0 Å². The van der Waals surface area contributed by atoms with E-state index in [1.165, 1.54) is 18.8 Å². The van der Waals surface area contributed by atoms with Crippen LogP contribution in [0.2, 0.25) is 0 Å². The number of nitrogens with zero attached hydrogens (tertiary/aromatic N) is 3. The van der Waals surface area contributed by atoms with Crippen LogP contribution >= 0.6 is 0 Å². The monoisotopic (exact) mass is 189 g/mol. The summed E-state index contributed by atoms with van der Waals surface area (Å²) in [6.45, 7) is 0. The first kappa shape index (κ1) is 8.39. The molecule has 0 aromatic rings. The molecule has 0 rings (SSSR count). The second-order valence-corrected chi connectivity index (χ2v) is 1.66. The van der Waals surface area contributed by atoms with Gasteiger partial charge < -0.3 is 0 Å². The van der Waals surface area contributed by atoms with E-state index in [1.54, 1.807) is 0 Å². The number of hydrogen-bond acceptors (Lipinski definition) is 6. The Morgan fingerprint density at radius 3 is 1.30 bits per heavy atom. The van der Waals surface area contributed by atoms with Crippen LogP contribution in [0.25, 0.3) is 0 Å². The van der Waals surface area contributed by atoms with E-state index in [2.05, 4.69) is 11.5 Å². The quantitative estimate of drug-likeness (QED) is 0.452. The third-order valence-electron chi connectivity index (χ3n) is 0.233. The van der Waals surface area contributed by atoms with Crippen molar-refractivity contribution in [1.29, 1.82) is 15.8 Å². The summed E-state index contributed by atoms with van der Waals surface area (Å²) in [5, 5.41) is 23.5. The number of nitriles is 3. The first-order valence-electron chi connectivity index (χ1n) is 1.65. The van der Waals surface area contributed by atoms with E-state index in [9.17, 15) is 0 Å². The molecule has 0 saturated heterocycles. The molecule has 7 heteroatoms. The summed E-state index contributed by atoms with van der Waals surface area (Å²) >= 11 is -1.74. The van der Waals surface area contributed by atoms with E-state index in [0.29, 0.717) is 0 Å². The van der Waals surface area contributed by atoms with Gasteiger partial charge in [-0.1, -0.05) is 0 Å². The van der Waals surface area contributed by atoms with Crippen LogP contribution in [-0.4, -0.2) is 0 Å². The first-order chi connectivity index (χ1) is 4.85. The van der Waals surface area contributed by atoms with E-state index in [1.807, 2.05) is 0 Å². The molecule has 0 aliphatic heterocycles. The molecule has 0 radical (unpaired) electrons. The Kier molecular flexibility index (Phi) is 4.64. The Balaban J connectivity index is 3.68. The first-order valence-corrected chi connectivity index (χ1v) is 2.81. The second-order valence-electron chi connectivity index (χ2n) is 0.609. The molecule has 0 fully saturated rings. The normalized spacial score (nSPS) is 7.50. The topological polar surface area (TPSA) is 99.1 Å². The van der Waals surface area contributed by atoms with Gasteiger partial charge in [0.25, 0.3) is 0 Å². The fourth-order valence-electron chi connectivity index (χ4n) is 0.105. The van der Waals surface area contributed by atoms with Gasteiger partial charge in [0, 0.05) is 0 Å². The fraction of sp³-hybridized carbons (Fsp3) is 0. The standard InChI is InChI=1S/3CHNO.Cu/c3*2-1-3;/h3*3H;/q;;;+1/p-3. The van der Waals surface area contributed by atoms with E-state index in [-0.39, 0.29) is 0 Å². The van der Waals surface area contributed by atoms with Crippen LogP contribution in [0, 0.1) is 34.6 Å². The molecule has 0 atom stereocenters. The molecule has 0 saturated carbocycles. The SMILES string of the molecule is N#C[O][Cu-2]([O]C#N)[O]C#N. The van der Waals surface area contributed by atoms with Crippen molar-refractivity contribution in [3.63, 3.8) is 0 Å². The molecule has 0 aromatic heterocycles. The van der Waals surface area contributed by atoms with Crippen molar-refractivity contribution in [1.82, 2.24) is 0 Å². The molecule has 0 heterocycles. The summed E-state index contributed by atoms with van der Waals surface area (Å²) in [7, 11) is 0. The minimum atomic E-state index is -1.74. The Labute approximate surface area is 61.6 Å². The van der Waals surface area contributed by atoms with E-state index in [0.717, 1.165) is 0 Å². The van der Waals surface area contributed by atoms with Crippen molar-refractivity contribution < 1.29 is 26.3 Å². The van der Waals surface area contributed by atoms with Crippen LogP contribution in [-0.2, 0) is 26.3 Å². The van der Waals surface area contributed by atoms with E-state index >= 15 is 0 Å².